The van der Waals surface area contributed by atoms with Crippen molar-refractivity contribution in [3.05, 3.63) is 253 Å². The van der Waals surface area contributed by atoms with Gasteiger partial charge in [0.1, 0.15) is 0 Å². The van der Waals surface area contributed by atoms with Crippen molar-refractivity contribution in [2.45, 2.75) is 15.2 Å². The second-order valence-corrected chi connectivity index (χ2v) is 19.8. The SMILES string of the molecule is c1cnc(-n2c3ccccc3c3cc(-c4ccc5c(c4)C4(c6cc(-n7c8ccccc8c8ccccc87)ccc6S5)c5cccnc5-c5ncccc54)ccc32)c(-n2c3ccccc3c3ccccc32)c1. The van der Waals surface area contributed by atoms with Gasteiger partial charge in [-0.25, -0.2) is 4.98 Å². The zero-order valence-corrected chi connectivity index (χ0v) is 38.8. The van der Waals surface area contributed by atoms with Gasteiger partial charge in [0.05, 0.1) is 55.6 Å². The molecule has 0 saturated heterocycles. The third kappa shape index (κ3) is 5.20. The van der Waals surface area contributed by atoms with Crippen molar-refractivity contribution in [3.8, 4) is 39.7 Å². The summed E-state index contributed by atoms with van der Waals surface area (Å²) in [4.78, 5) is 17.8. The first-order valence-electron chi connectivity index (χ1n) is 24.1. The van der Waals surface area contributed by atoms with E-state index in [1.807, 2.05) is 36.4 Å². The van der Waals surface area contributed by atoms with Gasteiger partial charge in [-0.15, -0.1) is 0 Å². The van der Waals surface area contributed by atoms with Crippen LogP contribution in [-0.2, 0) is 5.41 Å². The zero-order chi connectivity index (χ0) is 46.4. The molecule has 1 spiro atoms. The standard InChI is InChI=1S/C64H38N6S/c1-6-21-52-42(14-1)43-15-2-7-22-53(43)68(52)41-29-32-60-51(38-41)64(48-19-11-33-65-61(48)62-49(64)20-12-34-66-62)50-37-40(28-31-59(50)71-60)39-27-30-57-47(36-39)46-18-5-10-25-56(46)70(57)63-58(26-13-35-67-63)69-54-23-8-3-16-44(54)45-17-4-9-24-55(45)69/h1-38H. The van der Waals surface area contributed by atoms with Crippen molar-refractivity contribution in [2.24, 2.45) is 0 Å². The van der Waals surface area contributed by atoms with Crippen molar-refractivity contribution in [1.29, 1.82) is 0 Å². The lowest BCUT2D eigenvalue weighted by Gasteiger charge is -2.39. The summed E-state index contributed by atoms with van der Waals surface area (Å²) in [5.41, 5.74) is 17.3. The Morgan fingerprint density at radius 2 is 0.775 bits per heavy atom. The first-order valence-corrected chi connectivity index (χ1v) is 24.9. The average molecular weight is 923 g/mol. The smallest absolute Gasteiger partial charge is 0.162 e. The number of nitrogens with zero attached hydrogens (tertiary/aromatic N) is 6. The van der Waals surface area contributed by atoms with Crippen LogP contribution in [0.2, 0.25) is 0 Å². The van der Waals surface area contributed by atoms with Gasteiger partial charge in [0, 0.05) is 66.4 Å². The molecule has 8 aromatic carbocycles. The highest BCUT2D eigenvalue weighted by atomic mass is 32.2. The molecule has 6 nitrogen and oxygen atoms in total. The van der Waals surface area contributed by atoms with Crippen molar-refractivity contribution in [3.63, 3.8) is 0 Å². The fourth-order valence-corrected chi connectivity index (χ4v) is 13.6. The lowest BCUT2D eigenvalue weighted by molar-refractivity contribution is 0.718. The molecule has 7 heteroatoms. The van der Waals surface area contributed by atoms with Gasteiger partial charge >= 0.3 is 0 Å². The van der Waals surface area contributed by atoms with Gasteiger partial charge in [-0.1, -0.05) is 127 Å². The normalized spacial score (nSPS) is 13.4. The first kappa shape index (κ1) is 38.9. The predicted molar refractivity (Wildman–Crippen MR) is 290 cm³/mol. The fraction of sp³-hybridized carbons (Fsp3) is 0.0156. The lowest BCUT2D eigenvalue weighted by atomic mass is 9.67. The molecule has 1 aliphatic carbocycles. The van der Waals surface area contributed by atoms with Crippen molar-refractivity contribution < 1.29 is 0 Å². The summed E-state index contributed by atoms with van der Waals surface area (Å²) in [7, 11) is 0. The lowest BCUT2D eigenvalue weighted by Crippen LogP contribution is -2.32. The number of para-hydroxylation sites is 5. The minimum atomic E-state index is -0.684. The molecule has 0 N–H and O–H groups in total. The molecule has 0 unspecified atom stereocenters. The molecule has 16 rings (SSSR count). The highest BCUT2D eigenvalue weighted by molar-refractivity contribution is 7.99. The molecule has 0 fully saturated rings. The largest absolute Gasteiger partial charge is 0.309 e. The summed E-state index contributed by atoms with van der Waals surface area (Å²) in [5.74, 6) is 0.880. The minimum absolute atomic E-state index is 0.684. The van der Waals surface area contributed by atoms with Gasteiger partial charge in [-0.2, -0.15) is 0 Å². The molecule has 1 aliphatic heterocycles. The third-order valence-electron chi connectivity index (χ3n) is 15.3. The van der Waals surface area contributed by atoms with Crippen LogP contribution in [-0.4, -0.2) is 28.7 Å². The Bertz CT molecular complexity index is 4440. The van der Waals surface area contributed by atoms with Crippen LogP contribution in [0.4, 0.5) is 0 Å². The Morgan fingerprint density at radius 3 is 1.38 bits per heavy atom. The molecule has 7 heterocycles. The van der Waals surface area contributed by atoms with E-state index in [2.05, 4.69) is 220 Å². The number of hydrogen-bond donors (Lipinski definition) is 0. The molecule has 0 bridgehead atoms. The van der Waals surface area contributed by atoms with Crippen LogP contribution in [0.5, 0.6) is 0 Å². The molecule has 0 atom stereocenters. The van der Waals surface area contributed by atoms with Gasteiger partial charge in [0.15, 0.2) is 5.82 Å². The van der Waals surface area contributed by atoms with E-state index in [4.69, 9.17) is 15.0 Å². The van der Waals surface area contributed by atoms with E-state index in [-0.39, 0.29) is 0 Å². The second kappa shape index (κ2) is 14.5. The molecular weight excluding hydrogens is 885 g/mol. The second-order valence-electron chi connectivity index (χ2n) is 18.7. The van der Waals surface area contributed by atoms with E-state index in [1.165, 1.54) is 64.3 Å². The summed E-state index contributed by atoms with van der Waals surface area (Å²) in [5, 5.41) is 7.28. The Kier molecular flexibility index (Phi) is 7.94. The van der Waals surface area contributed by atoms with E-state index < -0.39 is 5.41 Å². The van der Waals surface area contributed by atoms with E-state index in [1.54, 1.807) is 0 Å². The molecule has 2 aliphatic rings. The number of benzene rings is 8. The number of rotatable bonds is 4. The van der Waals surface area contributed by atoms with E-state index in [0.29, 0.717) is 0 Å². The van der Waals surface area contributed by atoms with Gasteiger partial charge < -0.3 is 9.13 Å². The number of pyridine rings is 3. The van der Waals surface area contributed by atoms with Crippen LogP contribution >= 0.6 is 11.8 Å². The van der Waals surface area contributed by atoms with E-state index >= 15 is 0 Å². The monoisotopic (exact) mass is 922 g/mol. The van der Waals surface area contributed by atoms with Crippen LogP contribution in [0.3, 0.4) is 0 Å². The Hall–Kier alpha value is -9.04. The Balaban J connectivity index is 0.913. The number of aromatic nitrogens is 6. The average Bonchev–Trinajstić information content (AvgIpc) is 4.15. The quantitative estimate of drug-likeness (QED) is 0.176. The van der Waals surface area contributed by atoms with Crippen molar-refractivity contribution in [2.75, 3.05) is 0 Å². The van der Waals surface area contributed by atoms with Crippen LogP contribution in [0, 0.1) is 0 Å². The third-order valence-corrected chi connectivity index (χ3v) is 16.4. The number of hydrogen-bond acceptors (Lipinski definition) is 4. The summed E-state index contributed by atoms with van der Waals surface area (Å²) in [6.07, 6.45) is 5.73. The highest BCUT2D eigenvalue weighted by Crippen LogP contribution is 2.62. The fourth-order valence-electron chi connectivity index (χ4n) is 12.4. The molecule has 0 saturated carbocycles. The van der Waals surface area contributed by atoms with Gasteiger partial charge in [0.2, 0.25) is 0 Å². The minimum Gasteiger partial charge on any atom is -0.309 e. The molecule has 14 aromatic rings. The van der Waals surface area contributed by atoms with Crippen molar-refractivity contribution >= 4 is 77.2 Å². The molecule has 71 heavy (non-hydrogen) atoms. The maximum absolute atomic E-state index is 5.20. The summed E-state index contributed by atoms with van der Waals surface area (Å²) in [6.45, 7) is 0. The van der Waals surface area contributed by atoms with E-state index in [0.717, 1.165) is 72.9 Å². The summed E-state index contributed by atoms with van der Waals surface area (Å²) >= 11 is 1.85. The molecule has 6 aromatic heterocycles. The molecule has 330 valence electrons. The van der Waals surface area contributed by atoms with Crippen LogP contribution in [0.15, 0.2) is 241 Å². The van der Waals surface area contributed by atoms with Crippen LogP contribution < -0.4 is 0 Å². The predicted octanol–water partition coefficient (Wildman–Crippen LogP) is 15.7. The molecular formula is C64H38N6S. The number of fused-ring (bicyclic) bond motifs is 18. The van der Waals surface area contributed by atoms with Gasteiger partial charge in [0.25, 0.3) is 0 Å². The summed E-state index contributed by atoms with van der Waals surface area (Å²) < 4.78 is 7.16. The first-order chi connectivity index (χ1) is 35.2. The molecule has 0 radical (unpaired) electrons. The maximum Gasteiger partial charge on any atom is 0.162 e. The van der Waals surface area contributed by atoms with E-state index in [9.17, 15) is 0 Å². The van der Waals surface area contributed by atoms with Gasteiger partial charge in [-0.05, 0) is 130 Å². The Labute approximate surface area is 411 Å². The van der Waals surface area contributed by atoms with Crippen LogP contribution in [0.1, 0.15) is 22.3 Å². The zero-order valence-electron chi connectivity index (χ0n) is 38.0. The topological polar surface area (TPSA) is 53.5 Å². The molecule has 0 amide bonds. The van der Waals surface area contributed by atoms with Gasteiger partial charge in [-0.3, -0.25) is 14.5 Å². The summed E-state index contributed by atoms with van der Waals surface area (Å²) in [6, 6.07) is 77.7. The van der Waals surface area contributed by atoms with Crippen molar-refractivity contribution in [1.82, 2.24) is 28.7 Å². The van der Waals surface area contributed by atoms with Crippen LogP contribution in [0.25, 0.3) is 105 Å². The Morgan fingerprint density at radius 1 is 0.324 bits per heavy atom. The maximum atomic E-state index is 5.20. The highest BCUT2D eigenvalue weighted by Gasteiger charge is 2.52.